The molecule has 6 nitrogen and oxygen atoms in total. The molecule has 1 aromatic heterocycles. The third-order valence-corrected chi connectivity index (χ3v) is 4.83. The Labute approximate surface area is 122 Å². The van der Waals surface area contributed by atoms with Crippen LogP contribution in [0, 0.1) is 0 Å². The number of hydrogen-bond donors (Lipinski definition) is 2. The summed E-state index contributed by atoms with van der Waals surface area (Å²) in [5.41, 5.74) is 6.46. The van der Waals surface area contributed by atoms with Gasteiger partial charge < -0.3 is 10.7 Å². The molecule has 1 aromatic carbocycles. The zero-order valence-corrected chi connectivity index (χ0v) is 12.7. The third kappa shape index (κ3) is 2.59. The van der Waals surface area contributed by atoms with Crippen molar-refractivity contribution < 1.29 is 8.42 Å². The summed E-state index contributed by atoms with van der Waals surface area (Å²) in [5, 5.41) is 0.436. The van der Waals surface area contributed by atoms with Crippen LogP contribution in [0.5, 0.6) is 0 Å². The highest BCUT2D eigenvalue weighted by atomic mass is 35.5. The second-order valence-corrected chi connectivity index (χ2v) is 6.60. The van der Waals surface area contributed by atoms with E-state index in [1.54, 1.807) is 12.1 Å². The molecule has 108 valence electrons. The lowest BCUT2D eigenvalue weighted by Gasteiger charge is -2.20. The molecule has 8 heteroatoms. The molecule has 2 rings (SSSR count). The molecule has 0 amide bonds. The number of anilines is 2. The van der Waals surface area contributed by atoms with E-state index in [1.807, 2.05) is 6.92 Å². The van der Waals surface area contributed by atoms with Crippen LogP contribution >= 0.6 is 11.6 Å². The Morgan fingerprint density at radius 3 is 2.75 bits per heavy atom. The Kier molecular flexibility index (Phi) is 3.92. The molecule has 2 aromatic rings. The Bertz CT molecular complexity index is 727. The first-order valence-electron chi connectivity index (χ1n) is 5.94. The highest BCUT2D eigenvalue weighted by Crippen LogP contribution is 2.29. The zero-order chi connectivity index (χ0) is 14.9. The van der Waals surface area contributed by atoms with Gasteiger partial charge in [0.25, 0.3) is 10.0 Å². The number of hydrogen-bond acceptors (Lipinski definition) is 4. The molecule has 0 aliphatic rings. The van der Waals surface area contributed by atoms with Crippen molar-refractivity contribution in [2.75, 3.05) is 17.1 Å². The van der Waals surface area contributed by atoms with Gasteiger partial charge >= 0.3 is 0 Å². The van der Waals surface area contributed by atoms with Crippen LogP contribution in [0.3, 0.4) is 0 Å². The molecular weight excluding hydrogens is 300 g/mol. The topological polar surface area (TPSA) is 92.1 Å². The van der Waals surface area contributed by atoms with E-state index in [0.717, 1.165) is 4.31 Å². The standard InChI is InChI=1S/C12H15ClN4O2S/c1-3-11-15-7-12(16-11)20(18,19)17(2)10-6-8(13)4-5-9(10)14/h4-7H,3,14H2,1-2H3,(H,15,16). The van der Waals surface area contributed by atoms with E-state index in [-0.39, 0.29) is 5.03 Å². The average Bonchev–Trinajstić information content (AvgIpc) is 2.90. The fourth-order valence-corrected chi connectivity index (χ4v) is 3.03. The molecule has 20 heavy (non-hydrogen) atoms. The summed E-state index contributed by atoms with van der Waals surface area (Å²) < 4.78 is 26.0. The number of benzene rings is 1. The van der Waals surface area contributed by atoms with Gasteiger partial charge in [-0.3, -0.25) is 4.31 Å². The number of rotatable bonds is 4. The Morgan fingerprint density at radius 2 is 2.15 bits per heavy atom. The van der Waals surface area contributed by atoms with Crippen LogP contribution < -0.4 is 10.0 Å². The first-order valence-corrected chi connectivity index (χ1v) is 7.76. The molecule has 0 bridgehead atoms. The van der Waals surface area contributed by atoms with Gasteiger partial charge in [0.2, 0.25) is 0 Å². The van der Waals surface area contributed by atoms with E-state index >= 15 is 0 Å². The molecule has 0 saturated carbocycles. The van der Waals surface area contributed by atoms with E-state index < -0.39 is 10.0 Å². The van der Waals surface area contributed by atoms with Crippen molar-refractivity contribution in [3.05, 3.63) is 35.2 Å². The highest BCUT2D eigenvalue weighted by molar-refractivity contribution is 7.92. The maximum absolute atomic E-state index is 12.5. The van der Waals surface area contributed by atoms with Gasteiger partial charge in [0.05, 0.1) is 17.6 Å². The smallest absolute Gasteiger partial charge is 0.281 e. The van der Waals surface area contributed by atoms with Crippen LogP contribution in [0.15, 0.2) is 29.4 Å². The number of H-pyrrole nitrogens is 1. The number of nitrogen functional groups attached to an aromatic ring is 1. The number of halogens is 1. The van der Waals surface area contributed by atoms with Gasteiger partial charge in [-0.2, -0.15) is 8.42 Å². The Balaban J connectivity index is 2.45. The molecular formula is C12H15ClN4O2S. The Hall–Kier alpha value is -1.73. The lowest BCUT2D eigenvalue weighted by atomic mass is 10.3. The summed E-state index contributed by atoms with van der Waals surface area (Å²) in [6.07, 6.45) is 1.92. The van der Waals surface area contributed by atoms with E-state index in [4.69, 9.17) is 17.3 Å². The van der Waals surface area contributed by atoms with E-state index in [9.17, 15) is 8.42 Å². The van der Waals surface area contributed by atoms with Crippen molar-refractivity contribution >= 4 is 33.0 Å². The summed E-state index contributed by atoms with van der Waals surface area (Å²) in [6.45, 7) is 1.88. The fraction of sp³-hybridized carbons (Fsp3) is 0.250. The minimum Gasteiger partial charge on any atom is -0.397 e. The molecule has 0 radical (unpaired) electrons. The number of nitrogens with one attached hydrogen (secondary N) is 1. The van der Waals surface area contributed by atoms with Gasteiger partial charge in [0.15, 0.2) is 5.03 Å². The minimum absolute atomic E-state index is 0.0243. The van der Waals surface area contributed by atoms with Gasteiger partial charge in [-0.25, -0.2) is 4.98 Å². The minimum atomic E-state index is -3.74. The van der Waals surface area contributed by atoms with Crippen LogP contribution in [0.25, 0.3) is 0 Å². The SMILES string of the molecule is CCc1ncc(S(=O)(=O)N(C)c2cc(Cl)ccc2N)[nH]1. The molecule has 0 aliphatic heterocycles. The van der Waals surface area contributed by atoms with Gasteiger partial charge in [0.1, 0.15) is 5.82 Å². The summed E-state index contributed by atoms with van der Waals surface area (Å²) in [4.78, 5) is 6.77. The average molecular weight is 315 g/mol. The first-order chi connectivity index (χ1) is 9.36. The lowest BCUT2D eigenvalue weighted by Crippen LogP contribution is -2.27. The van der Waals surface area contributed by atoms with Gasteiger partial charge in [0, 0.05) is 18.5 Å². The number of nitrogens with zero attached hydrogens (tertiary/aromatic N) is 2. The molecule has 0 unspecified atom stereocenters. The Morgan fingerprint density at radius 1 is 1.45 bits per heavy atom. The molecule has 0 saturated heterocycles. The van der Waals surface area contributed by atoms with Crippen molar-refractivity contribution in [3.8, 4) is 0 Å². The lowest BCUT2D eigenvalue weighted by molar-refractivity contribution is 0.591. The van der Waals surface area contributed by atoms with Crippen molar-refractivity contribution in [1.82, 2.24) is 9.97 Å². The number of nitrogens with two attached hydrogens (primary N) is 1. The summed E-state index contributed by atoms with van der Waals surface area (Å²) >= 11 is 5.89. The van der Waals surface area contributed by atoms with Crippen molar-refractivity contribution in [2.45, 2.75) is 18.4 Å². The highest BCUT2D eigenvalue weighted by Gasteiger charge is 2.25. The maximum Gasteiger partial charge on any atom is 0.281 e. The van der Waals surface area contributed by atoms with Gasteiger partial charge in [-0.05, 0) is 18.2 Å². The molecule has 1 heterocycles. The number of sulfonamides is 1. The zero-order valence-electron chi connectivity index (χ0n) is 11.1. The van der Waals surface area contributed by atoms with Crippen LogP contribution in [0.2, 0.25) is 5.02 Å². The summed E-state index contributed by atoms with van der Waals surface area (Å²) in [7, 11) is -2.32. The van der Waals surface area contributed by atoms with E-state index in [1.165, 1.54) is 19.3 Å². The first kappa shape index (κ1) is 14.7. The van der Waals surface area contributed by atoms with E-state index in [2.05, 4.69) is 9.97 Å². The van der Waals surface area contributed by atoms with Crippen molar-refractivity contribution in [1.29, 1.82) is 0 Å². The molecule has 0 aliphatic carbocycles. The number of aromatic amines is 1. The predicted molar refractivity (Wildman–Crippen MR) is 79.4 cm³/mol. The van der Waals surface area contributed by atoms with Crippen molar-refractivity contribution in [2.24, 2.45) is 0 Å². The summed E-state index contributed by atoms with van der Waals surface area (Å²) in [6, 6.07) is 4.67. The monoisotopic (exact) mass is 314 g/mol. The largest absolute Gasteiger partial charge is 0.397 e. The predicted octanol–water partition coefficient (Wildman–Crippen LogP) is 2.03. The van der Waals surface area contributed by atoms with Gasteiger partial charge in [-0.15, -0.1) is 0 Å². The number of aryl methyl sites for hydroxylation is 1. The van der Waals surface area contributed by atoms with Crippen LogP contribution in [0.4, 0.5) is 11.4 Å². The quantitative estimate of drug-likeness (QED) is 0.845. The molecule has 0 fully saturated rings. The number of imidazole rings is 1. The van der Waals surface area contributed by atoms with Crippen LogP contribution in [0.1, 0.15) is 12.7 Å². The molecule has 3 N–H and O–H groups in total. The van der Waals surface area contributed by atoms with Crippen LogP contribution in [-0.4, -0.2) is 25.4 Å². The molecule has 0 atom stereocenters. The fourth-order valence-electron chi connectivity index (χ4n) is 1.72. The molecule has 0 spiro atoms. The second-order valence-electron chi connectivity index (χ2n) is 4.22. The van der Waals surface area contributed by atoms with Crippen molar-refractivity contribution in [3.63, 3.8) is 0 Å². The summed E-state index contributed by atoms with van der Waals surface area (Å²) in [5.74, 6) is 0.607. The normalized spacial score (nSPS) is 11.6. The number of aromatic nitrogens is 2. The van der Waals surface area contributed by atoms with E-state index in [0.29, 0.717) is 28.6 Å². The third-order valence-electron chi connectivity index (χ3n) is 2.91. The van der Waals surface area contributed by atoms with Crippen LogP contribution in [-0.2, 0) is 16.4 Å². The maximum atomic E-state index is 12.5. The van der Waals surface area contributed by atoms with Gasteiger partial charge in [-0.1, -0.05) is 18.5 Å². The second kappa shape index (κ2) is 5.34.